The lowest BCUT2D eigenvalue weighted by molar-refractivity contribution is -0.109. The number of likely N-dealkylation sites (tertiary alicyclic amines) is 1. The summed E-state index contributed by atoms with van der Waals surface area (Å²) in [6.07, 6.45) is 2.93. The molecule has 1 aliphatic rings. The minimum Gasteiger partial charge on any atom is -0.444 e. The van der Waals surface area contributed by atoms with E-state index >= 15 is 0 Å². The van der Waals surface area contributed by atoms with Gasteiger partial charge in [0.25, 0.3) is 0 Å². The molecular formula is C18H25NO3. The molecule has 0 unspecified atom stereocenters. The van der Waals surface area contributed by atoms with E-state index in [1.54, 1.807) is 0 Å². The Morgan fingerprint density at radius 2 is 2.00 bits per heavy atom. The first kappa shape index (κ1) is 16.5. The van der Waals surface area contributed by atoms with Gasteiger partial charge in [-0.3, -0.25) is 0 Å². The van der Waals surface area contributed by atoms with Crippen LogP contribution in [0.1, 0.15) is 51.6 Å². The predicted molar refractivity (Wildman–Crippen MR) is 85.5 cm³/mol. The van der Waals surface area contributed by atoms with Crippen molar-refractivity contribution in [1.29, 1.82) is 0 Å². The molecule has 1 saturated heterocycles. The molecule has 1 aliphatic heterocycles. The van der Waals surface area contributed by atoms with E-state index in [4.69, 9.17) is 4.74 Å². The van der Waals surface area contributed by atoms with Crippen LogP contribution in [0.2, 0.25) is 0 Å². The van der Waals surface area contributed by atoms with Crippen LogP contribution in [0.3, 0.4) is 0 Å². The van der Waals surface area contributed by atoms with Crippen molar-refractivity contribution in [2.75, 3.05) is 6.54 Å². The maximum atomic E-state index is 12.5. The van der Waals surface area contributed by atoms with E-state index in [1.165, 1.54) is 0 Å². The van der Waals surface area contributed by atoms with Gasteiger partial charge in [-0.1, -0.05) is 30.3 Å². The molecule has 120 valence electrons. The lowest BCUT2D eigenvalue weighted by Gasteiger charge is -2.40. The molecule has 0 aromatic heterocycles. The van der Waals surface area contributed by atoms with Gasteiger partial charge in [0.1, 0.15) is 11.9 Å². The summed E-state index contributed by atoms with van der Waals surface area (Å²) in [6.45, 7) is 6.26. The lowest BCUT2D eigenvalue weighted by Crippen LogP contribution is -2.43. The summed E-state index contributed by atoms with van der Waals surface area (Å²) in [5.74, 6) is 0.335. The third-order valence-electron chi connectivity index (χ3n) is 3.95. The van der Waals surface area contributed by atoms with Crippen molar-refractivity contribution in [3.63, 3.8) is 0 Å². The summed E-state index contributed by atoms with van der Waals surface area (Å²) in [5.41, 5.74) is 0.599. The molecule has 1 aromatic rings. The largest absolute Gasteiger partial charge is 0.444 e. The first-order valence-corrected chi connectivity index (χ1v) is 7.89. The highest BCUT2D eigenvalue weighted by atomic mass is 16.6. The normalized spacial score (nSPS) is 22.2. The standard InChI is InChI=1S/C18H25NO3/c1-18(2,3)22-17(21)19-11-9-14(10-12-20)13-16(19)15-7-5-4-6-8-15/h4-8,12,14,16H,9-11,13H2,1-3H3/t14-,16-/m0/s1. The topological polar surface area (TPSA) is 46.6 Å². The van der Waals surface area contributed by atoms with Crippen LogP contribution in [0.4, 0.5) is 4.79 Å². The lowest BCUT2D eigenvalue weighted by atomic mass is 9.86. The molecule has 1 amide bonds. The van der Waals surface area contributed by atoms with Crippen LogP contribution < -0.4 is 0 Å². The molecule has 0 N–H and O–H groups in total. The zero-order valence-corrected chi connectivity index (χ0v) is 13.6. The van der Waals surface area contributed by atoms with Crippen molar-refractivity contribution >= 4 is 12.4 Å². The maximum Gasteiger partial charge on any atom is 0.410 e. The molecule has 0 saturated carbocycles. The van der Waals surface area contributed by atoms with Crippen molar-refractivity contribution in [2.45, 2.75) is 51.7 Å². The number of aldehydes is 1. The average Bonchev–Trinajstić information content (AvgIpc) is 2.46. The van der Waals surface area contributed by atoms with Gasteiger partial charge in [0.05, 0.1) is 6.04 Å². The number of nitrogens with zero attached hydrogens (tertiary/aromatic N) is 1. The number of benzene rings is 1. The second-order valence-corrected chi connectivity index (χ2v) is 6.89. The molecule has 1 aromatic carbocycles. The Balaban J connectivity index is 2.19. The second-order valence-electron chi connectivity index (χ2n) is 6.89. The average molecular weight is 303 g/mol. The summed E-state index contributed by atoms with van der Waals surface area (Å²) in [7, 11) is 0. The molecule has 1 heterocycles. The van der Waals surface area contributed by atoms with E-state index in [0.29, 0.717) is 18.9 Å². The molecule has 1 fully saturated rings. The van der Waals surface area contributed by atoms with Crippen LogP contribution in [0.15, 0.2) is 30.3 Å². The van der Waals surface area contributed by atoms with E-state index in [-0.39, 0.29) is 12.1 Å². The van der Waals surface area contributed by atoms with Gasteiger partial charge in [-0.05, 0) is 45.1 Å². The Bertz CT molecular complexity index is 507. The van der Waals surface area contributed by atoms with E-state index in [0.717, 1.165) is 24.7 Å². The summed E-state index contributed by atoms with van der Waals surface area (Å²) in [6, 6.07) is 9.97. The Morgan fingerprint density at radius 1 is 1.32 bits per heavy atom. The summed E-state index contributed by atoms with van der Waals surface area (Å²) < 4.78 is 5.54. The fourth-order valence-corrected chi connectivity index (χ4v) is 2.92. The van der Waals surface area contributed by atoms with Gasteiger partial charge in [0, 0.05) is 13.0 Å². The number of carbonyl (C=O) groups is 2. The molecule has 4 nitrogen and oxygen atoms in total. The van der Waals surface area contributed by atoms with Crippen molar-refractivity contribution < 1.29 is 14.3 Å². The van der Waals surface area contributed by atoms with E-state index < -0.39 is 5.60 Å². The third-order valence-corrected chi connectivity index (χ3v) is 3.95. The molecular weight excluding hydrogens is 278 g/mol. The first-order chi connectivity index (χ1) is 10.4. The molecule has 0 bridgehead atoms. The minimum atomic E-state index is -0.502. The molecule has 0 spiro atoms. The zero-order chi connectivity index (χ0) is 16.2. The van der Waals surface area contributed by atoms with Crippen LogP contribution in [-0.4, -0.2) is 29.4 Å². The number of ether oxygens (including phenoxy) is 1. The van der Waals surface area contributed by atoms with Gasteiger partial charge >= 0.3 is 6.09 Å². The van der Waals surface area contributed by atoms with Crippen LogP contribution in [-0.2, 0) is 9.53 Å². The van der Waals surface area contributed by atoms with Crippen molar-refractivity contribution in [3.05, 3.63) is 35.9 Å². The highest BCUT2D eigenvalue weighted by molar-refractivity contribution is 5.69. The van der Waals surface area contributed by atoms with E-state index in [9.17, 15) is 9.59 Å². The molecule has 0 aliphatic carbocycles. The highest BCUT2D eigenvalue weighted by Crippen LogP contribution is 2.36. The van der Waals surface area contributed by atoms with Gasteiger partial charge in [0.2, 0.25) is 0 Å². The summed E-state index contributed by atoms with van der Waals surface area (Å²) in [5, 5.41) is 0. The number of carbonyl (C=O) groups excluding carboxylic acids is 2. The Kier molecular flexibility index (Phi) is 5.22. The number of piperidine rings is 1. The van der Waals surface area contributed by atoms with Crippen LogP contribution in [0.25, 0.3) is 0 Å². The third kappa shape index (κ3) is 4.33. The van der Waals surface area contributed by atoms with Gasteiger partial charge < -0.3 is 14.4 Å². The van der Waals surface area contributed by atoms with Crippen molar-refractivity contribution in [1.82, 2.24) is 4.90 Å². The first-order valence-electron chi connectivity index (χ1n) is 7.89. The van der Waals surface area contributed by atoms with Crippen LogP contribution in [0.5, 0.6) is 0 Å². The summed E-state index contributed by atoms with van der Waals surface area (Å²) >= 11 is 0. The van der Waals surface area contributed by atoms with Crippen molar-refractivity contribution in [3.8, 4) is 0 Å². The van der Waals surface area contributed by atoms with Gasteiger partial charge in [-0.15, -0.1) is 0 Å². The number of rotatable bonds is 3. The molecule has 4 heteroatoms. The van der Waals surface area contributed by atoms with E-state index in [2.05, 4.69) is 0 Å². The smallest absolute Gasteiger partial charge is 0.410 e. The molecule has 2 atom stereocenters. The fraction of sp³-hybridized carbons (Fsp3) is 0.556. The maximum absolute atomic E-state index is 12.5. The number of hydrogen-bond acceptors (Lipinski definition) is 3. The van der Waals surface area contributed by atoms with Crippen LogP contribution >= 0.6 is 0 Å². The Morgan fingerprint density at radius 3 is 2.59 bits per heavy atom. The Labute approximate surface area is 132 Å². The fourth-order valence-electron chi connectivity index (χ4n) is 2.92. The Hall–Kier alpha value is -1.84. The monoisotopic (exact) mass is 303 g/mol. The highest BCUT2D eigenvalue weighted by Gasteiger charge is 2.34. The van der Waals surface area contributed by atoms with Gasteiger partial charge in [-0.2, -0.15) is 0 Å². The number of hydrogen-bond donors (Lipinski definition) is 0. The SMILES string of the molecule is CC(C)(C)OC(=O)N1CC[C@@H](CC=O)C[C@H]1c1ccccc1. The van der Waals surface area contributed by atoms with Crippen molar-refractivity contribution in [2.24, 2.45) is 5.92 Å². The molecule has 0 radical (unpaired) electrons. The van der Waals surface area contributed by atoms with Crippen LogP contribution in [0, 0.1) is 5.92 Å². The second kappa shape index (κ2) is 6.95. The van der Waals surface area contributed by atoms with Gasteiger partial charge in [0.15, 0.2) is 0 Å². The molecule has 2 rings (SSSR count). The summed E-state index contributed by atoms with van der Waals surface area (Å²) in [4.78, 5) is 25.1. The number of amides is 1. The molecule has 22 heavy (non-hydrogen) atoms. The van der Waals surface area contributed by atoms with E-state index in [1.807, 2.05) is 56.0 Å². The quantitative estimate of drug-likeness (QED) is 0.794. The predicted octanol–water partition coefficient (Wildman–Crippen LogP) is 3.96. The minimum absolute atomic E-state index is 0.0188. The van der Waals surface area contributed by atoms with Gasteiger partial charge in [-0.25, -0.2) is 4.79 Å². The zero-order valence-electron chi connectivity index (χ0n) is 13.6.